The molecule has 27 heavy (non-hydrogen) atoms. The molecule has 0 atom stereocenters. The Hall–Kier alpha value is -1.75. The van der Waals surface area contributed by atoms with E-state index in [1.165, 1.54) is 5.56 Å². The maximum absolute atomic E-state index is 12.5. The molecule has 0 aliphatic carbocycles. The number of likely N-dealkylation sites (tertiary alicyclic amines) is 1. The highest BCUT2D eigenvalue weighted by atomic mass is 35.5. The van der Waals surface area contributed by atoms with Crippen molar-refractivity contribution in [1.82, 2.24) is 4.90 Å². The second-order valence-corrected chi connectivity index (χ2v) is 7.56. The minimum atomic E-state index is 0.0189. The third kappa shape index (κ3) is 5.61. The number of rotatable bonds is 6. The van der Waals surface area contributed by atoms with E-state index in [-0.39, 0.29) is 11.8 Å². The molecule has 2 aromatic rings. The van der Waals surface area contributed by atoms with Crippen molar-refractivity contribution in [2.45, 2.75) is 26.3 Å². The molecule has 2 aromatic carbocycles. The van der Waals surface area contributed by atoms with Crippen LogP contribution in [0.25, 0.3) is 0 Å². The molecule has 1 fully saturated rings. The molecule has 1 aliphatic heterocycles. The van der Waals surface area contributed by atoms with Gasteiger partial charge in [0.15, 0.2) is 0 Å². The summed E-state index contributed by atoms with van der Waals surface area (Å²) < 4.78 is 5.57. The van der Waals surface area contributed by atoms with Crippen LogP contribution in [0.3, 0.4) is 0 Å². The second kappa shape index (κ2) is 9.45. The van der Waals surface area contributed by atoms with Crippen LogP contribution in [-0.4, -0.2) is 30.5 Å². The van der Waals surface area contributed by atoms with Gasteiger partial charge in [-0.05, 0) is 68.8 Å². The number of hydrogen-bond acceptors (Lipinski definition) is 3. The summed E-state index contributed by atoms with van der Waals surface area (Å²) in [5.41, 5.74) is 1.92. The number of ether oxygens (including phenoxy) is 1. The predicted octanol–water partition coefficient (Wildman–Crippen LogP) is 5.24. The minimum absolute atomic E-state index is 0.0189. The maximum Gasteiger partial charge on any atom is 0.227 e. The van der Waals surface area contributed by atoms with Gasteiger partial charge in [0.25, 0.3) is 0 Å². The Labute approximate surface area is 170 Å². The zero-order chi connectivity index (χ0) is 19.2. The Morgan fingerprint density at radius 1 is 1.15 bits per heavy atom. The number of benzene rings is 2. The minimum Gasteiger partial charge on any atom is -0.494 e. The lowest BCUT2D eigenvalue weighted by molar-refractivity contribution is -0.121. The van der Waals surface area contributed by atoms with Crippen molar-refractivity contribution in [2.75, 3.05) is 25.0 Å². The van der Waals surface area contributed by atoms with E-state index in [0.717, 1.165) is 38.2 Å². The number of piperidine rings is 1. The van der Waals surface area contributed by atoms with Gasteiger partial charge in [0, 0.05) is 18.2 Å². The number of amides is 1. The summed E-state index contributed by atoms with van der Waals surface area (Å²) in [6, 6.07) is 13.4. The summed E-state index contributed by atoms with van der Waals surface area (Å²) in [6.45, 7) is 5.34. The average molecular weight is 407 g/mol. The highest BCUT2D eigenvalue weighted by Crippen LogP contribution is 2.26. The molecule has 6 heteroatoms. The van der Waals surface area contributed by atoms with E-state index in [0.29, 0.717) is 22.3 Å². The van der Waals surface area contributed by atoms with E-state index in [1.807, 2.05) is 19.1 Å². The van der Waals surface area contributed by atoms with Crippen LogP contribution in [0.5, 0.6) is 5.75 Å². The van der Waals surface area contributed by atoms with Gasteiger partial charge in [-0.3, -0.25) is 9.69 Å². The van der Waals surface area contributed by atoms with Gasteiger partial charge in [-0.1, -0.05) is 35.3 Å². The van der Waals surface area contributed by atoms with Crippen molar-refractivity contribution in [2.24, 2.45) is 5.92 Å². The SMILES string of the molecule is CCOc1cccc(CN2CCC(C(=O)Nc3ccc(Cl)c(Cl)c3)CC2)c1. The summed E-state index contributed by atoms with van der Waals surface area (Å²) in [7, 11) is 0. The quantitative estimate of drug-likeness (QED) is 0.712. The van der Waals surface area contributed by atoms with Crippen LogP contribution >= 0.6 is 23.2 Å². The molecule has 1 saturated heterocycles. The smallest absolute Gasteiger partial charge is 0.227 e. The van der Waals surface area contributed by atoms with Gasteiger partial charge < -0.3 is 10.1 Å². The highest BCUT2D eigenvalue weighted by Gasteiger charge is 2.25. The number of hydrogen-bond donors (Lipinski definition) is 1. The molecular formula is C21H24Cl2N2O2. The fourth-order valence-corrected chi connectivity index (χ4v) is 3.63. The predicted molar refractivity (Wildman–Crippen MR) is 111 cm³/mol. The van der Waals surface area contributed by atoms with Gasteiger partial charge in [-0.2, -0.15) is 0 Å². The van der Waals surface area contributed by atoms with Crippen molar-refractivity contribution in [3.63, 3.8) is 0 Å². The molecule has 0 saturated carbocycles. The van der Waals surface area contributed by atoms with Gasteiger partial charge in [0.1, 0.15) is 5.75 Å². The number of nitrogens with zero attached hydrogens (tertiary/aromatic N) is 1. The van der Waals surface area contributed by atoms with E-state index in [9.17, 15) is 4.79 Å². The summed E-state index contributed by atoms with van der Waals surface area (Å²) in [5.74, 6) is 0.975. The fraction of sp³-hybridized carbons (Fsp3) is 0.381. The highest BCUT2D eigenvalue weighted by molar-refractivity contribution is 6.42. The number of carbonyl (C=O) groups excluding carboxylic acids is 1. The monoisotopic (exact) mass is 406 g/mol. The van der Waals surface area contributed by atoms with E-state index >= 15 is 0 Å². The van der Waals surface area contributed by atoms with Crippen molar-refractivity contribution in [3.8, 4) is 5.75 Å². The Kier molecular flexibility index (Phi) is 7.00. The van der Waals surface area contributed by atoms with Gasteiger partial charge >= 0.3 is 0 Å². The first kappa shape index (κ1) is 20.0. The lowest BCUT2D eigenvalue weighted by atomic mass is 9.95. The number of anilines is 1. The van der Waals surface area contributed by atoms with Gasteiger partial charge in [0.05, 0.1) is 16.7 Å². The van der Waals surface area contributed by atoms with Crippen LogP contribution in [-0.2, 0) is 11.3 Å². The molecule has 4 nitrogen and oxygen atoms in total. The van der Waals surface area contributed by atoms with Crippen LogP contribution in [0.2, 0.25) is 10.0 Å². The van der Waals surface area contributed by atoms with Gasteiger partial charge in [-0.15, -0.1) is 0 Å². The van der Waals surface area contributed by atoms with Gasteiger partial charge in [-0.25, -0.2) is 0 Å². The first-order valence-corrected chi connectivity index (χ1v) is 10.0. The average Bonchev–Trinajstić information content (AvgIpc) is 2.66. The lowest BCUT2D eigenvalue weighted by Crippen LogP contribution is -2.37. The zero-order valence-electron chi connectivity index (χ0n) is 15.4. The Bertz CT molecular complexity index is 790. The van der Waals surface area contributed by atoms with Crippen molar-refractivity contribution >= 4 is 34.8 Å². The summed E-state index contributed by atoms with van der Waals surface area (Å²) in [6.07, 6.45) is 1.69. The van der Waals surface area contributed by atoms with E-state index in [1.54, 1.807) is 18.2 Å². The van der Waals surface area contributed by atoms with Crippen LogP contribution in [0.15, 0.2) is 42.5 Å². The first-order valence-electron chi connectivity index (χ1n) is 9.25. The third-order valence-electron chi connectivity index (χ3n) is 4.76. The van der Waals surface area contributed by atoms with Crippen LogP contribution in [0.1, 0.15) is 25.3 Å². The van der Waals surface area contributed by atoms with Crippen LogP contribution < -0.4 is 10.1 Å². The largest absolute Gasteiger partial charge is 0.494 e. The van der Waals surface area contributed by atoms with Crippen molar-refractivity contribution < 1.29 is 9.53 Å². The van der Waals surface area contributed by atoms with E-state index in [2.05, 4.69) is 22.3 Å². The van der Waals surface area contributed by atoms with Crippen LogP contribution in [0.4, 0.5) is 5.69 Å². The Morgan fingerprint density at radius 2 is 1.93 bits per heavy atom. The molecule has 144 valence electrons. The molecule has 0 spiro atoms. The van der Waals surface area contributed by atoms with Crippen molar-refractivity contribution in [1.29, 1.82) is 0 Å². The molecule has 0 unspecified atom stereocenters. The molecule has 1 heterocycles. The van der Waals surface area contributed by atoms with Gasteiger partial charge in [0.2, 0.25) is 5.91 Å². The Morgan fingerprint density at radius 3 is 2.63 bits per heavy atom. The third-order valence-corrected chi connectivity index (χ3v) is 5.50. The molecule has 1 amide bonds. The lowest BCUT2D eigenvalue weighted by Gasteiger charge is -2.31. The molecule has 0 radical (unpaired) electrons. The van der Waals surface area contributed by atoms with Crippen molar-refractivity contribution in [3.05, 3.63) is 58.1 Å². The zero-order valence-corrected chi connectivity index (χ0v) is 16.9. The van der Waals surface area contributed by atoms with Crippen LogP contribution in [0, 0.1) is 5.92 Å². The second-order valence-electron chi connectivity index (χ2n) is 6.75. The molecule has 1 N–H and O–H groups in total. The van der Waals surface area contributed by atoms with E-state index in [4.69, 9.17) is 27.9 Å². The molecule has 0 aromatic heterocycles. The first-order chi connectivity index (χ1) is 13.0. The summed E-state index contributed by atoms with van der Waals surface area (Å²) in [4.78, 5) is 14.9. The maximum atomic E-state index is 12.5. The number of halogens is 2. The molecule has 3 rings (SSSR count). The normalized spacial score (nSPS) is 15.5. The molecule has 1 aliphatic rings. The standard InChI is InChI=1S/C21H24Cl2N2O2/c1-2-27-18-5-3-4-15(12-18)14-25-10-8-16(9-11-25)21(26)24-17-6-7-19(22)20(23)13-17/h3-7,12-13,16H,2,8-11,14H2,1H3,(H,24,26). The van der Waals surface area contributed by atoms with E-state index < -0.39 is 0 Å². The summed E-state index contributed by atoms with van der Waals surface area (Å²) in [5, 5.41) is 3.87. The molecular weight excluding hydrogens is 383 g/mol. The fourth-order valence-electron chi connectivity index (χ4n) is 3.33. The molecule has 0 bridgehead atoms. The topological polar surface area (TPSA) is 41.6 Å². The number of carbonyl (C=O) groups is 1. The Balaban J connectivity index is 1.50. The number of nitrogens with one attached hydrogen (secondary N) is 1. The summed E-state index contributed by atoms with van der Waals surface area (Å²) >= 11 is 11.9.